The summed E-state index contributed by atoms with van der Waals surface area (Å²) in [6.45, 7) is 3.49. The molecular formula is C10H12F3NO2. The van der Waals surface area contributed by atoms with Crippen molar-refractivity contribution < 1.29 is 22.4 Å². The van der Waals surface area contributed by atoms with E-state index >= 15 is 0 Å². The third kappa shape index (κ3) is 2.77. The van der Waals surface area contributed by atoms with E-state index in [1.807, 2.05) is 5.32 Å². The number of hydrogen-bond donors (Lipinski definition) is 1. The molecule has 1 rings (SSSR count). The first kappa shape index (κ1) is 12.6. The summed E-state index contributed by atoms with van der Waals surface area (Å²) in [5.41, 5.74) is 0.749. The van der Waals surface area contributed by atoms with E-state index in [4.69, 9.17) is 4.42 Å². The maximum atomic E-state index is 11.9. The number of halogens is 3. The number of amides is 1. The molecule has 0 atom stereocenters. The summed E-state index contributed by atoms with van der Waals surface area (Å²) >= 11 is 0. The third-order valence-electron chi connectivity index (χ3n) is 2.24. The summed E-state index contributed by atoms with van der Waals surface area (Å²) in [6.07, 6.45) is -4.41. The maximum Gasteiger partial charge on any atom is 0.405 e. The highest BCUT2D eigenvalue weighted by Gasteiger charge is 2.29. The third-order valence-corrected chi connectivity index (χ3v) is 2.24. The minimum absolute atomic E-state index is 0.182. The van der Waals surface area contributed by atoms with Crippen molar-refractivity contribution in [3.05, 3.63) is 22.6 Å². The van der Waals surface area contributed by atoms with Crippen LogP contribution in [0.5, 0.6) is 0 Å². The molecule has 90 valence electrons. The Hall–Kier alpha value is -1.46. The van der Waals surface area contributed by atoms with E-state index in [9.17, 15) is 18.0 Å². The smallest absolute Gasteiger partial charge is 0.405 e. The summed E-state index contributed by atoms with van der Waals surface area (Å²) in [6, 6.07) is 0. The largest absolute Gasteiger partial charge is 0.466 e. The van der Waals surface area contributed by atoms with E-state index in [-0.39, 0.29) is 5.56 Å². The molecule has 1 N–H and O–H groups in total. The van der Waals surface area contributed by atoms with E-state index < -0.39 is 18.6 Å². The second-order valence-electron chi connectivity index (χ2n) is 3.51. The molecule has 1 heterocycles. The molecule has 0 fully saturated rings. The van der Waals surface area contributed by atoms with E-state index in [1.54, 1.807) is 20.8 Å². The SMILES string of the molecule is Cc1oc(C)c(C(=O)NCC(F)(F)F)c1C. The van der Waals surface area contributed by atoms with Gasteiger partial charge in [0.2, 0.25) is 0 Å². The Labute approximate surface area is 90.6 Å². The molecule has 0 aliphatic rings. The average molecular weight is 235 g/mol. The van der Waals surface area contributed by atoms with Crippen molar-refractivity contribution in [2.75, 3.05) is 6.54 Å². The lowest BCUT2D eigenvalue weighted by atomic mass is 10.1. The number of hydrogen-bond acceptors (Lipinski definition) is 2. The highest BCUT2D eigenvalue weighted by atomic mass is 19.4. The van der Waals surface area contributed by atoms with E-state index in [1.165, 1.54) is 0 Å². The number of carbonyl (C=O) groups excluding carboxylic acids is 1. The first-order valence-electron chi connectivity index (χ1n) is 4.64. The number of nitrogens with one attached hydrogen (secondary N) is 1. The van der Waals surface area contributed by atoms with Gasteiger partial charge >= 0.3 is 6.18 Å². The van der Waals surface area contributed by atoms with Crippen LogP contribution in [-0.2, 0) is 0 Å². The highest BCUT2D eigenvalue weighted by molar-refractivity contribution is 5.96. The van der Waals surface area contributed by atoms with E-state index in [0.717, 1.165) is 0 Å². The molecule has 6 heteroatoms. The van der Waals surface area contributed by atoms with Crippen molar-refractivity contribution in [3.8, 4) is 0 Å². The molecule has 0 radical (unpaired) electrons. The molecule has 0 aromatic carbocycles. The minimum atomic E-state index is -4.41. The minimum Gasteiger partial charge on any atom is -0.466 e. The molecule has 1 aromatic heterocycles. The van der Waals surface area contributed by atoms with Gasteiger partial charge in [-0.15, -0.1) is 0 Å². The summed E-state index contributed by atoms with van der Waals surface area (Å²) in [5.74, 6) is 0.105. The maximum absolute atomic E-state index is 11.9. The Kier molecular flexibility index (Phi) is 3.30. The molecule has 0 bridgehead atoms. The molecule has 3 nitrogen and oxygen atoms in total. The first-order chi connectivity index (χ1) is 7.22. The molecule has 0 unspecified atom stereocenters. The van der Waals surface area contributed by atoms with Gasteiger partial charge in [0.05, 0.1) is 5.56 Å². The van der Waals surface area contributed by atoms with Crippen molar-refractivity contribution in [3.63, 3.8) is 0 Å². The zero-order valence-corrected chi connectivity index (χ0v) is 9.16. The summed E-state index contributed by atoms with van der Waals surface area (Å²) in [4.78, 5) is 11.5. The lowest BCUT2D eigenvalue weighted by molar-refractivity contribution is -0.123. The van der Waals surface area contributed by atoms with Crippen molar-refractivity contribution in [1.82, 2.24) is 5.32 Å². The van der Waals surface area contributed by atoms with Crippen LogP contribution in [0.3, 0.4) is 0 Å². The quantitative estimate of drug-likeness (QED) is 0.855. The van der Waals surface area contributed by atoms with Gasteiger partial charge in [-0.05, 0) is 20.8 Å². The highest BCUT2D eigenvalue weighted by Crippen LogP contribution is 2.21. The average Bonchev–Trinajstić information content (AvgIpc) is 2.36. The van der Waals surface area contributed by atoms with Crippen LogP contribution in [0, 0.1) is 20.8 Å². The van der Waals surface area contributed by atoms with Gasteiger partial charge in [0, 0.05) is 5.56 Å². The van der Waals surface area contributed by atoms with Gasteiger partial charge in [0.15, 0.2) is 0 Å². The monoisotopic (exact) mass is 235 g/mol. The number of aryl methyl sites for hydroxylation is 2. The van der Waals surface area contributed by atoms with E-state index in [0.29, 0.717) is 17.1 Å². The van der Waals surface area contributed by atoms with Crippen molar-refractivity contribution in [2.24, 2.45) is 0 Å². The lowest BCUT2D eigenvalue weighted by Gasteiger charge is -2.08. The topological polar surface area (TPSA) is 42.2 Å². The lowest BCUT2D eigenvalue weighted by Crippen LogP contribution is -2.34. The number of furan rings is 1. The molecule has 1 aromatic rings. The molecule has 1 amide bonds. The molecule has 0 spiro atoms. The van der Waals surface area contributed by atoms with Crippen LogP contribution in [0.4, 0.5) is 13.2 Å². The molecular weight excluding hydrogens is 223 g/mol. The van der Waals surface area contributed by atoms with Crippen LogP contribution in [0.2, 0.25) is 0 Å². The van der Waals surface area contributed by atoms with Gasteiger partial charge in [-0.3, -0.25) is 4.79 Å². The van der Waals surface area contributed by atoms with Crippen LogP contribution < -0.4 is 5.32 Å². The number of rotatable bonds is 2. The van der Waals surface area contributed by atoms with Gasteiger partial charge in [-0.25, -0.2) is 0 Å². The Morgan fingerprint density at radius 1 is 1.25 bits per heavy atom. The van der Waals surface area contributed by atoms with Gasteiger partial charge in [-0.2, -0.15) is 13.2 Å². The number of carbonyl (C=O) groups is 1. The van der Waals surface area contributed by atoms with Crippen LogP contribution in [0.1, 0.15) is 27.4 Å². The Bertz CT molecular complexity index is 407. The predicted molar refractivity (Wildman–Crippen MR) is 51.3 cm³/mol. The van der Waals surface area contributed by atoms with Crippen LogP contribution >= 0.6 is 0 Å². The van der Waals surface area contributed by atoms with Crippen LogP contribution in [0.25, 0.3) is 0 Å². The normalized spacial score (nSPS) is 11.6. The van der Waals surface area contributed by atoms with Gasteiger partial charge in [0.25, 0.3) is 5.91 Å². The zero-order valence-electron chi connectivity index (χ0n) is 9.16. The van der Waals surface area contributed by atoms with Crippen LogP contribution in [0.15, 0.2) is 4.42 Å². The molecule has 16 heavy (non-hydrogen) atoms. The summed E-state index contributed by atoms with van der Waals surface area (Å²) < 4.78 is 40.9. The van der Waals surface area contributed by atoms with Gasteiger partial charge < -0.3 is 9.73 Å². The second-order valence-corrected chi connectivity index (χ2v) is 3.51. The molecule has 0 saturated heterocycles. The van der Waals surface area contributed by atoms with Crippen LogP contribution in [-0.4, -0.2) is 18.6 Å². The number of alkyl halides is 3. The fourth-order valence-corrected chi connectivity index (χ4v) is 1.40. The summed E-state index contributed by atoms with van der Waals surface area (Å²) in [7, 11) is 0. The fourth-order valence-electron chi connectivity index (χ4n) is 1.40. The molecule has 0 saturated carbocycles. The Balaban J connectivity index is 2.81. The second kappa shape index (κ2) is 4.19. The predicted octanol–water partition coefficient (Wildman–Crippen LogP) is 2.50. The van der Waals surface area contributed by atoms with Gasteiger partial charge in [-0.1, -0.05) is 0 Å². The zero-order chi connectivity index (χ0) is 12.5. The van der Waals surface area contributed by atoms with Crippen molar-refractivity contribution >= 4 is 5.91 Å². The first-order valence-corrected chi connectivity index (χ1v) is 4.64. The van der Waals surface area contributed by atoms with E-state index in [2.05, 4.69) is 0 Å². The van der Waals surface area contributed by atoms with Gasteiger partial charge in [0.1, 0.15) is 18.1 Å². The standard InChI is InChI=1S/C10H12F3NO2/c1-5-6(2)16-7(3)8(5)9(15)14-4-10(11,12)13/h4H2,1-3H3,(H,14,15). The molecule has 0 aliphatic carbocycles. The Morgan fingerprint density at radius 3 is 2.19 bits per heavy atom. The van der Waals surface area contributed by atoms with Crippen molar-refractivity contribution in [1.29, 1.82) is 0 Å². The Morgan fingerprint density at radius 2 is 1.81 bits per heavy atom. The van der Waals surface area contributed by atoms with Crippen molar-refractivity contribution in [2.45, 2.75) is 26.9 Å². The fraction of sp³-hybridized carbons (Fsp3) is 0.500. The summed E-state index contributed by atoms with van der Waals surface area (Å²) in [5, 5.41) is 1.81. The molecule has 0 aliphatic heterocycles.